The highest BCUT2D eigenvalue weighted by Crippen LogP contribution is 2.26. The van der Waals surface area contributed by atoms with Crippen molar-refractivity contribution in [2.45, 2.75) is 25.8 Å². The molecule has 0 aliphatic heterocycles. The molecule has 19 heavy (non-hydrogen) atoms. The number of hydrogen-bond donors (Lipinski definition) is 2. The number of carbonyl (C=O) groups excluding carboxylic acids is 1. The fourth-order valence-electron chi connectivity index (χ4n) is 1.39. The molecule has 1 rings (SSSR count). The molecule has 0 radical (unpaired) electrons. The molecule has 5 heteroatoms. The van der Waals surface area contributed by atoms with Crippen LogP contribution in [0.3, 0.4) is 0 Å². The summed E-state index contributed by atoms with van der Waals surface area (Å²) in [4.78, 5) is 11.8. The van der Waals surface area contributed by atoms with E-state index in [4.69, 9.17) is 23.2 Å². The van der Waals surface area contributed by atoms with Gasteiger partial charge < -0.3 is 10.4 Å². The van der Waals surface area contributed by atoms with Gasteiger partial charge in [0.25, 0.3) is 0 Å². The first-order valence-electron chi connectivity index (χ1n) is 5.97. The summed E-state index contributed by atoms with van der Waals surface area (Å²) in [7, 11) is 0. The van der Waals surface area contributed by atoms with Crippen LogP contribution in [-0.4, -0.2) is 23.2 Å². The van der Waals surface area contributed by atoms with Crippen molar-refractivity contribution in [3.8, 4) is 0 Å². The van der Waals surface area contributed by atoms with Crippen LogP contribution in [0, 0.1) is 0 Å². The topological polar surface area (TPSA) is 49.3 Å². The summed E-state index contributed by atoms with van der Waals surface area (Å²) in [5.41, 5.74) is 0.0611. The van der Waals surface area contributed by atoms with Gasteiger partial charge in [-0.15, -0.1) is 0 Å². The number of hydrogen-bond acceptors (Lipinski definition) is 2. The van der Waals surface area contributed by atoms with Crippen LogP contribution in [0.25, 0.3) is 6.08 Å². The summed E-state index contributed by atoms with van der Waals surface area (Å²) >= 11 is 11.9. The molecule has 0 aliphatic carbocycles. The van der Waals surface area contributed by atoms with Crippen molar-refractivity contribution in [1.82, 2.24) is 5.32 Å². The van der Waals surface area contributed by atoms with Crippen LogP contribution in [0.5, 0.6) is 0 Å². The normalized spacial score (nSPS) is 14.4. The van der Waals surface area contributed by atoms with Crippen LogP contribution in [0.2, 0.25) is 10.0 Å². The molecule has 0 aliphatic rings. The van der Waals surface area contributed by atoms with Gasteiger partial charge in [-0.3, -0.25) is 4.79 Å². The highest BCUT2D eigenvalue weighted by molar-refractivity contribution is 6.42. The number of halogens is 2. The van der Waals surface area contributed by atoms with Gasteiger partial charge in [0.2, 0.25) is 5.91 Å². The number of aliphatic hydroxyl groups excluding tert-OH is 1. The van der Waals surface area contributed by atoms with E-state index in [1.54, 1.807) is 31.2 Å². The Balaban J connectivity index is 2.77. The third-order valence-electron chi connectivity index (χ3n) is 2.95. The van der Waals surface area contributed by atoms with Gasteiger partial charge in [0.15, 0.2) is 0 Å². The van der Waals surface area contributed by atoms with Crippen molar-refractivity contribution in [2.75, 3.05) is 6.61 Å². The first kappa shape index (κ1) is 16.0. The summed E-state index contributed by atoms with van der Waals surface area (Å²) in [5, 5.41) is 12.8. The van der Waals surface area contributed by atoms with Crippen molar-refractivity contribution >= 4 is 35.2 Å². The summed E-state index contributed by atoms with van der Waals surface area (Å²) in [5.74, 6) is -0.283. The number of nitrogens with one attached hydrogen (secondary N) is 1. The average molecular weight is 302 g/mol. The van der Waals surface area contributed by atoms with E-state index in [0.29, 0.717) is 22.0 Å². The Morgan fingerprint density at radius 3 is 2.74 bits per heavy atom. The Hall–Kier alpha value is -1.03. The number of benzene rings is 1. The van der Waals surface area contributed by atoms with Gasteiger partial charge >= 0.3 is 0 Å². The van der Waals surface area contributed by atoms with Crippen LogP contribution in [0.4, 0.5) is 0 Å². The molecule has 1 aromatic carbocycles. The number of carbonyl (C=O) groups is 1. The van der Waals surface area contributed by atoms with E-state index in [1.807, 2.05) is 6.92 Å². The molecule has 0 spiro atoms. The first-order valence-corrected chi connectivity index (χ1v) is 6.72. The second-order valence-electron chi connectivity index (χ2n) is 4.54. The molecule has 2 N–H and O–H groups in total. The number of amides is 1. The molecule has 0 saturated carbocycles. The average Bonchev–Trinajstić information content (AvgIpc) is 2.40. The van der Waals surface area contributed by atoms with E-state index in [-0.39, 0.29) is 12.5 Å². The van der Waals surface area contributed by atoms with Crippen LogP contribution in [0.1, 0.15) is 25.8 Å². The van der Waals surface area contributed by atoms with Crippen LogP contribution >= 0.6 is 23.2 Å². The van der Waals surface area contributed by atoms with E-state index in [0.717, 1.165) is 0 Å². The second-order valence-corrected chi connectivity index (χ2v) is 5.32. The standard InChI is InChI=1S/C14H17Cl2NO2/c1-3-14(2,9-18)17-12(19)8-7-10-5-4-6-11(15)13(10)16/h4-8,18H,3,9H2,1-2H3,(H,17,19). The van der Waals surface area contributed by atoms with Gasteiger partial charge in [0.1, 0.15) is 0 Å². The lowest BCUT2D eigenvalue weighted by Crippen LogP contribution is -2.47. The number of aliphatic hydroxyl groups is 1. The Bertz CT molecular complexity index is 482. The van der Waals surface area contributed by atoms with E-state index >= 15 is 0 Å². The molecule has 0 aromatic heterocycles. The Morgan fingerprint density at radius 1 is 1.47 bits per heavy atom. The minimum absolute atomic E-state index is 0.110. The first-order chi connectivity index (χ1) is 8.91. The lowest BCUT2D eigenvalue weighted by Gasteiger charge is -2.26. The smallest absolute Gasteiger partial charge is 0.244 e. The summed E-state index contributed by atoms with van der Waals surface area (Å²) in [6.45, 7) is 3.57. The fourth-order valence-corrected chi connectivity index (χ4v) is 1.76. The van der Waals surface area contributed by atoms with E-state index in [1.165, 1.54) is 6.08 Å². The monoisotopic (exact) mass is 301 g/mol. The predicted molar refractivity (Wildman–Crippen MR) is 79.4 cm³/mol. The minimum Gasteiger partial charge on any atom is -0.394 e. The molecule has 1 atom stereocenters. The molecule has 0 bridgehead atoms. The lowest BCUT2D eigenvalue weighted by molar-refractivity contribution is -0.118. The maximum absolute atomic E-state index is 11.8. The molecule has 1 amide bonds. The Labute approximate surface area is 123 Å². The van der Waals surface area contributed by atoms with Gasteiger partial charge in [-0.1, -0.05) is 42.3 Å². The summed E-state index contributed by atoms with van der Waals surface area (Å²) < 4.78 is 0. The molecule has 1 aromatic rings. The Morgan fingerprint density at radius 2 is 2.16 bits per heavy atom. The zero-order chi connectivity index (χ0) is 14.5. The predicted octanol–water partition coefficient (Wildman–Crippen LogP) is 3.28. The second kappa shape index (κ2) is 6.94. The molecule has 3 nitrogen and oxygen atoms in total. The summed E-state index contributed by atoms with van der Waals surface area (Å²) in [6.07, 6.45) is 3.61. The van der Waals surface area contributed by atoms with Gasteiger partial charge in [0.05, 0.1) is 22.2 Å². The third kappa shape index (κ3) is 4.53. The SMILES string of the molecule is CCC(C)(CO)NC(=O)C=Cc1cccc(Cl)c1Cl. The molecular weight excluding hydrogens is 285 g/mol. The summed E-state index contributed by atoms with van der Waals surface area (Å²) in [6, 6.07) is 5.21. The quantitative estimate of drug-likeness (QED) is 0.820. The lowest BCUT2D eigenvalue weighted by atomic mass is 10.0. The van der Waals surface area contributed by atoms with Crippen LogP contribution < -0.4 is 5.32 Å². The van der Waals surface area contributed by atoms with E-state index in [2.05, 4.69) is 5.32 Å². The zero-order valence-electron chi connectivity index (χ0n) is 10.9. The van der Waals surface area contributed by atoms with Gasteiger partial charge in [-0.05, 0) is 31.1 Å². The molecule has 1 unspecified atom stereocenters. The van der Waals surface area contributed by atoms with E-state index < -0.39 is 5.54 Å². The van der Waals surface area contributed by atoms with Crippen molar-refractivity contribution in [2.24, 2.45) is 0 Å². The van der Waals surface area contributed by atoms with Gasteiger partial charge in [0, 0.05) is 6.08 Å². The molecule has 0 fully saturated rings. The van der Waals surface area contributed by atoms with E-state index in [9.17, 15) is 9.90 Å². The van der Waals surface area contributed by atoms with Crippen LogP contribution in [-0.2, 0) is 4.79 Å². The zero-order valence-corrected chi connectivity index (χ0v) is 12.4. The minimum atomic E-state index is -0.612. The molecular formula is C14H17Cl2NO2. The molecule has 0 saturated heterocycles. The molecule has 104 valence electrons. The van der Waals surface area contributed by atoms with Crippen molar-refractivity contribution < 1.29 is 9.90 Å². The van der Waals surface area contributed by atoms with Crippen molar-refractivity contribution in [1.29, 1.82) is 0 Å². The van der Waals surface area contributed by atoms with Gasteiger partial charge in [-0.25, -0.2) is 0 Å². The highest BCUT2D eigenvalue weighted by atomic mass is 35.5. The van der Waals surface area contributed by atoms with Crippen molar-refractivity contribution in [3.05, 3.63) is 39.9 Å². The Kier molecular flexibility index (Phi) is 5.85. The maximum Gasteiger partial charge on any atom is 0.244 e. The third-order valence-corrected chi connectivity index (χ3v) is 3.78. The maximum atomic E-state index is 11.8. The van der Waals surface area contributed by atoms with Crippen molar-refractivity contribution in [3.63, 3.8) is 0 Å². The number of rotatable bonds is 5. The van der Waals surface area contributed by atoms with Crippen LogP contribution in [0.15, 0.2) is 24.3 Å². The fraction of sp³-hybridized carbons (Fsp3) is 0.357. The largest absolute Gasteiger partial charge is 0.394 e. The van der Waals surface area contributed by atoms with Gasteiger partial charge in [-0.2, -0.15) is 0 Å². The molecule has 0 heterocycles. The highest BCUT2D eigenvalue weighted by Gasteiger charge is 2.21.